The molecule has 1 atom stereocenters. The van der Waals surface area contributed by atoms with Crippen molar-refractivity contribution in [3.63, 3.8) is 0 Å². The van der Waals surface area contributed by atoms with Crippen molar-refractivity contribution in [3.05, 3.63) is 29.8 Å². The third-order valence-corrected chi connectivity index (χ3v) is 3.64. The Hall–Kier alpha value is -1.55. The number of hydrogen-bond donors (Lipinski definition) is 1. The molecule has 0 bridgehead atoms. The molecular weight excluding hydrogens is 252 g/mol. The first-order chi connectivity index (χ1) is 9.60. The fraction of sp³-hybridized carbons (Fsp3) is 0.562. The Kier molecular flexibility index (Phi) is 5.01. The number of esters is 1. The molecule has 0 radical (unpaired) electrons. The van der Waals surface area contributed by atoms with Crippen molar-refractivity contribution in [2.45, 2.75) is 26.3 Å². The molecule has 1 aliphatic rings. The van der Waals surface area contributed by atoms with Crippen LogP contribution in [0.15, 0.2) is 24.3 Å². The number of nitrogens with zero attached hydrogens (tertiary/aromatic N) is 1. The van der Waals surface area contributed by atoms with Crippen molar-refractivity contribution in [2.75, 3.05) is 31.6 Å². The lowest BCUT2D eigenvalue weighted by Gasteiger charge is -2.36. The number of nitrogens with one attached hydrogen (secondary N) is 1. The summed E-state index contributed by atoms with van der Waals surface area (Å²) < 4.78 is 4.78. The maximum Gasteiger partial charge on any atom is 0.337 e. The van der Waals surface area contributed by atoms with Crippen LogP contribution in [0, 0.1) is 5.92 Å². The van der Waals surface area contributed by atoms with E-state index in [0.29, 0.717) is 17.5 Å². The van der Waals surface area contributed by atoms with E-state index in [1.165, 1.54) is 13.5 Å². The van der Waals surface area contributed by atoms with E-state index in [0.717, 1.165) is 25.3 Å². The molecule has 1 aromatic rings. The molecule has 0 spiro atoms. The normalized spacial score (nSPS) is 19.2. The molecule has 1 N–H and O–H groups in total. The van der Waals surface area contributed by atoms with E-state index in [1.54, 1.807) is 6.07 Å². The molecule has 20 heavy (non-hydrogen) atoms. The Bertz CT molecular complexity index is 460. The molecule has 0 amide bonds. The molecule has 2 rings (SSSR count). The van der Waals surface area contributed by atoms with Crippen molar-refractivity contribution in [1.29, 1.82) is 0 Å². The van der Waals surface area contributed by atoms with E-state index < -0.39 is 0 Å². The SMILES string of the molecule is COC(=O)c1cccc(N2CCN[C@@H](CC(C)C)C2)c1. The van der Waals surface area contributed by atoms with Crippen LogP contribution in [-0.4, -0.2) is 38.8 Å². The minimum atomic E-state index is -0.277. The average Bonchev–Trinajstić information content (AvgIpc) is 2.46. The monoisotopic (exact) mass is 276 g/mol. The number of methoxy groups -OCH3 is 1. The van der Waals surface area contributed by atoms with Crippen LogP contribution in [0.5, 0.6) is 0 Å². The topological polar surface area (TPSA) is 41.6 Å². The summed E-state index contributed by atoms with van der Waals surface area (Å²) in [7, 11) is 1.42. The summed E-state index contributed by atoms with van der Waals surface area (Å²) in [6.07, 6.45) is 1.17. The molecule has 4 nitrogen and oxygen atoms in total. The van der Waals surface area contributed by atoms with Crippen LogP contribution in [0.25, 0.3) is 0 Å². The van der Waals surface area contributed by atoms with E-state index >= 15 is 0 Å². The molecule has 0 aliphatic carbocycles. The number of carbonyl (C=O) groups excluding carboxylic acids is 1. The second-order valence-corrected chi connectivity index (χ2v) is 5.77. The quantitative estimate of drug-likeness (QED) is 0.857. The van der Waals surface area contributed by atoms with Crippen LogP contribution < -0.4 is 10.2 Å². The lowest BCUT2D eigenvalue weighted by Crippen LogP contribution is -2.51. The van der Waals surface area contributed by atoms with E-state index in [9.17, 15) is 4.79 Å². The van der Waals surface area contributed by atoms with Crippen LogP contribution in [0.1, 0.15) is 30.6 Å². The highest BCUT2D eigenvalue weighted by Crippen LogP contribution is 2.20. The number of rotatable bonds is 4. The first-order valence-corrected chi connectivity index (χ1v) is 7.27. The van der Waals surface area contributed by atoms with Crippen LogP contribution >= 0.6 is 0 Å². The largest absolute Gasteiger partial charge is 0.465 e. The Morgan fingerprint density at radius 3 is 3.00 bits per heavy atom. The van der Waals surface area contributed by atoms with Crippen molar-refractivity contribution in [2.24, 2.45) is 5.92 Å². The summed E-state index contributed by atoms with van der Waals surface area (Å²) in [5.41, 5.74) is 1.71. The van der Waals surface area contributed by atoms with Gasteiger partial charge >= 0.3 is 5.97 Å². The van der Waals surface area contributed by atoms with Gasteiger partial charge < -0.3 is 15.0 Å². The van der Waals surface area contributed by atoms with Gasteiger partial charge in [0.05, 0.1) is 12.7 Å². The molecule has 0 saturated carbocycles. The van der Waals surface area contributed by atoms with E-state index in [1.807, 2.05) is 12.1 Å². The molecule has 1 fully saturated rings. The fourth-order valence-electron chi connectivity index (χ4n) is 2.73. The maximum atomic E-state index is 11.6. The predicted molar refractivity (Wildman–Crippen MR) is 81.2 cm³/mol. The number of benzene rings is 1. The minimum Gasteiger partial charge on any atom is -0.465 e. The van der Waals surface area contributed by atoms with E-state index in [4.69, 9.17) is 4.74 Å². The summed E-state index contributed by atoms with van der Waals surface area (Å²) in [6.45, 7) is 7.44. The highest BCUT2D eigenvalue weighted by molar-refractivity contribution is 5.90. The molecule has 1 aliphatic heterocycles. The average molecular weight is 276 g/mol. The van der Waals surface area contributed by atoms with Gasteiger partial charge in [-0.15, -0.1) is 0 Å². The van der Waals surface area contributed by atoms with Crippen molar-refractivity contribution >= 4 is 11.7 Å². The van der Waals surface area contributed by atoms with E-state index in [2.05, 4.69) is 30.1 Å². The van der Waals surface area contributed by atoms with Crippen LogP contribution in [-0.2, 0) is 4.74 Å². The standard InChI is InChI=1S/C16H24N2O2/c1-12(2)9-14-11-18(8-7-17-14)15-6-4-5-13(10-15)16(19)20-3/h4-6,10,12,14,17H,7-9,11H2,1-3H3/t14-/m0/s1. The third-order valence-electron chi connectivity index (χ3n) is 3.64. The first-order valence-electron chi connectivity index (χ1n) is 7.27. The maximum absolute atomic E-state index is 11.6. The lowest BCUT2D eigenvalue weighted by molar-refractivity contribution is 0.0601. The zero-order valence-corrected chi connectivity index (χ0v) is 12.6. The van der Waals surface area contributed by atoms with Crippen LogP contribution in [0.3, 0.4) is 0 Å². The van der Waals surface area contributed by atoms with E-state index in [-0.39, 0.29) is 5.97 Å². The Morgan fingerprint density at radius 2 is 2.30 bits per heavy atom. The highest BCUT2D eigenvalue weighted by atomic mass is 16.5. The summed E-state index contributed by atoms with van der Waals surface area (Å²) in [6, 6.07) is 8.21. The first kappa shape index (κ1) is 14.9. The zero-order valence-electron chi connectivity index (χ0n) is 12.6. The molecule has 1 heterocycles. The van der Waals surface area contributed by atoms with Gasteiger partial charge in [-0.2, -0.15) is 0 Å². The molecule has 0 aromatic heterocycles. The highest BCUT2D eigenvalue weighted by Gasteiger charge is 2.20. The minimum absolute atomic E-state index is 0.277. The second-order valence-electron chi connectivity index (χ2n) is 5.77. The second kappa shape index (κ2) is 6.75. The summed E-state index contributed by atoms with van der Waals surface area (Å²) in [5, 5.41) is 3.57. The Balaban J connectivity index is 2.08. The summed E-state index contributed by atoms with van der Waals surface area (Å²) in [5.74, 6) is 0.412. The third kappa shape index (κ3) is 3.73. The number of ether oxygens (including phenoxy) is 1. The van der Waals surface area contributed by atoms with Gasteiger partial charge in [0, 0.05) is 31.4 Å². The van der Waals surface area contributed by atoms with Gasteiger partial charge in [-0.25, -0.2) is 4.79 Å². The zero-order chi connectivity index (χ0) is 14.5. The van der Waals surface area contributed by atoms with Crippen molar-refractivity contribution in [3.8, 4) is 0 Å². The molecule has 1 saturated heterocycles. The van der Waals surface area contributed by atoms with Crippen LogP contribution in [0.4, 0.5) is 5.69 Å². The van der Waals surface area contributed by atoms with Gasteiger partial charge in [-0.1, -0.05) is 19.9 Å². The summed E-state index contributed by atoms with van der Waals surface area (Å²) in [4.78, 5) is 13.9. The number of anilines is 1. The predicted octanol–water partition coefficient (Wildman–Crippen LogP) is 2.30. The van der Waals surface area contributed by atoms with Crippen LogP contribution in [0.2, 0.25) is 0 Å². The van der Waals surface area contributed by atoms with Gasteiger partial charge in [-0.05, 0) is 30.5 Å². The fourth-order valence-corrected chi connectivity index (χ4v) is 2.73. The molecule has 110 valence electrons. The molecule has 1 aromatic carbocycles. The van der Waals surface area contributed by atoms with Gasteiger partial charge in [-0.3, -0.25) is 0 Å². The lowest BCUT2D eigenvalue weighted by atomic mass is 10.0. The van der Waals surface area contributed by atoms with Gasteiger partial charge in [0.2, 0.25) is 0 Å². The number of carbonyl (C=O) groups is 1. The number of piperazine rings is 1. The van der Waals surface area contributed by atoms with Crippen molar-refractivity contribution < 1.29 is 9.53 Å². The molecule has 4 heteroatoms. The summed E-state index contributed by atoms with van der Waals surface area (Å²) >= 11 is 0. The van der Waals surface area contributed by atoms with Gasteiger partial charge in [0.15, 0.2) is 0 Å². The van der Waals surface area contributed by atoms with Crippen molar-refractivity contribution in [1.82, 2.24) is 5.32 Å². The number of hydrogen-bond acceptors (Lipinski definition) is 4. The smallest absolute Gasteiger partial charge is 0.337 e. The molecule has 0 unspecified atom stereocenters. The van der Waals surface area contributed by atoms with Gasteiger partial charge in [0.25, 0.3) is 0 Å². The van der Waals surface area contributed by atoms with Gasteiger partial charge in [0.1, 0.15) is 0 Å². The Labute approximate surface area is 121 Å². The Morgan fingerprint density at radius 1 is 1.50 bits per heavy atom. The molecular formula is C16H24N2O2.